The predicted octanol–water partition coefficient (Wildman–Crippen LogP) is 4.21. The molecule has 1 heterocycles. The molecule has 6 heteroatoms. The molecule has 0 aliphatic carbocycles. The van der Waals surface area contributed by atoms with Crippen LogP contribution in [-0.2, 0) is 6.54 Å². The summed E-state index contributed by atoms with van der Waals surface area (Å²) in [6.45, 7) is 2.67. The lowest BCUT2D eigenvalue weighted by Crippen LogP contribution is -2.20. The van der Waals surface area contributed by atoms with Gasteiger partial charge in [0.05, 0.1) is 6.20 Å². The SMILES string of the molecule is Cc1c(Cl)cccc1Nc1cnnc(N(C)Cc2ccccc2)n1. The monoisotopic (exact) mass is 339 g/mol. The molecule has 0 aliphatic rings. The maximum Gasteiger partial charge on any atom is 0.247 e. The Hall–Kier alpha value is -2.66. The summed E-state index contributed by atoms with van der Waals surface area (Å²) in [5.74, 6) is 1.19. The Kier molecular flexibility index (Phi) is 4.91. The lowest BCUT2D eigenvalue weighted by molar-refractivity contribution is 0.831. The van der Waals surface area contributed by atoms with E-state index >= 15 is 0 Å². The Labute approximate surface area is 146 Å². The molecule has 0 bridgehead atoms. The van der Waals surface area contributed by atoms with E-state index in [2.05, 4.69) is 32.6 Å². The highest BCUT2D eigenvalue weighted by atomic mass is 35.5. The van der Waals surface area contributed by atoms with Gasteiger partial charge in [0.2, 0.25) is 5.95 Å². The van der Waals surface area contributed by atoms with Crippen LogP contribution in [0.25, 0.3) is 0 Å². The molecule has 0 aliphatic heterocycles. The Balaban J connectivity index is 1.77. The van der Waals surface area contributed by atoms with Crippen molar-refractivity contribution >= 4 is 29.1 Å². The van der Waals surface area contributed by atoms with Crippen molar-refractivity contribution in [1.82, 2.24) is 15.2 Å². The van der Waals surface area contributed by atoms with Gasteiger partial charge in [-0.05, 0) is 30.2 Å². The summed E-state index contributed by atoms with van der Waals surface area (Å²) in [7, 11) is 1.94. The van der Waals surface area contributed by atoms with Gasteiger partial charge in [-0.25, -0.2) is 0 Å². The average Bonchev–Trinajstić information content (AvgIpc) is 2.60. The van der Waals surface area contributed by atoms with E-state index in [1.807, 2.05) is 55.3 Å². The second kappa shape index (κ2) is 7.27. The molecule has 0 atom stereocenters. The van der Waals surface area contributed by atoms with Gasteiger partial charge < -0.3 is 10.2 Å². The predicted molar refractivity (Wildman–Crippen MR) is 97.8 cm³/mol. The van der Waals surface area contributed by atoms with Crippen molar-refractivity contribution < 1.29 is 0 Å². The molecule has 0 spiro atoms. The van der Waals surface area contributed by atoms with Crippen molar-refractivity contribution in [3.8, 4) is 0 Å². The standard InChI is InChI=1S/C18H18ClN5/c1-13-15(19)9-6-10-16(13)21-17-11-20-23-18(22-17)24(2)12-14-7-4-3-5-8-14/h3-11H,12H2,1-2H3,(H,21,22,23). The largest absolute Gasteiger partial charge is 0.339 e. The third-order valence-electron chi connectivity index (χ3n) is 3.68. The molecule has 0 saturated carbocycles. The highest BCUT2D eigenvalue weighted by Gasteiger charge is 2.09. The molecule has 0 amide bonds. The minimum Gasteiger partial charge on any atom is -0.339 e. The van der Waals surface area contributed by atoms with Crippen LogP contribution in [0.5, 0.6) is 0 Å². The summed E-state index contributed by atoms with van der Waals surface area (Å²) in [4.78, 5) is 6.49. The van der Waals surface area contributed by atoms with Crippen LogP contribution < -0.4 is 10.2 Å². The minimum atomic E-state index is 0.559. The first kappa shape index (κ1) is 16.2. The molecule has 1 aromatic heterocycles. The number of hydrogen-bond donors (Lipinski definition) is 1. The molecule has 24 heavy (non-hydrogen) atoms. The minimum absolute atomic E-state index is 0.559. The summed E-state index contributed by atoms with van der Waals surface area (Å²) in [5.41, 5.74) is 3.06. The molecule has 2 aromatic carbocycles. The normalized spacial score (nSPS) is 10.5. The lowest BCUT2D eigenvalue weighted by atomic mass is 10.2. The summed E-state index contributed by atoms with van der Waals surface area (Å²) in [5, 5.41) is 12.1. The van der Waals surface area contributed by atoms with E-state index in [0.29, 0.717) is 23.3 Å². The van der Waals surface area contributed by atoms with Crippen molar-refractivity contribution in [1.29, 1.82) is 0 Å². The zero-order valence-electron chi connectivity index (χ0n) is 13.6. The van der Waals surface area contributed by atoms with Crippen molar-refractivity contribution in [2.45, 2.75) is 13.5 Å². The fraction of sp³-hybridized carbons (Fsp3) is 0.167. The topological polar surface area (TPSA) is 53.9 Å². The van der Waals surface area contributed by atoms with Crippen LogP contribution >= 0.6 is 11.6 Å². The molecular weight excluding hydrogens is 322 g/mol. The Morgan fingerprint density at radius 1 is 1.08 bits per heavy atom. The van der Waals surface area contributed by atoms with Gasteiger partial charge >= 0.3 is 0 Å². The third kappa shape index (κ3) is 3.81. The highest BCUT2D eigenvalue weighted by molar-refractivity contribution is 6.31. The lowest BCUT2D eigenvalue weighted by Gasteiger charge is -2.17. The molecule has 0 saturated heterocycles. The van der Waals surface area contributed by atoms with E-state index in [-0.39, 0.29) is 0 Å². The van der Waals surface area contributed by atoms with Crippen molar-refractivity contribution in [3.05, 3.63) is 70.9 Å². The van der Waals surface area contributed by atoms with Gasteiger partial charge in [-0.3, -0.25) is 0 Å². The second-order valence-electron chi connectivity index (χ2n) is 5.52. The fourth-order valence-electron chi connectivity index (χ4n) is 2.32. The molecule has 0 unspecified atom stereocenters. The molecule has 0 fully saturated rings. The molecule has 3 aromatic rings. The first-order valence-electron chi connectivity index (χ1n) is 7.60. The maximum absolute atomic E-state index is 6.16. The fourth-order valence-corrected chi connectivity index (χ4v) is 2.50. The van der Waals surface area contributed by atoms with Gasteiger partial charge in [-0.2, -0.15) is 10.1 Å². The second-order valence-corrected chi connectivity index (χ2v) is 5.93. The number of hydrogen-bond acceptors (Lipinski definition) is 5. The van der Waals surface area contributed by atoms with E-state index in [0.717, 1.165) is 11.3 Å². The van der Waals surface area contributed by atoms with Gasteiger partial charge in [0.15, 0.2) is 5.82 Å². The summed E-state index contributed by atoms with van der Waals surface area (Å²) in [6.07, 6.45) is 1.60. The van der Waals surface area contributed by atoms with E-state index < -0.39 is 0 Å². The number of aromatic nitrogens is 3. The van der Waals surface area contributed by atoms with Crippen LogP contribution in [0, 0.1) is 6.92 Å². The number of halogens is 1. The molecule has 3 rings (SSSR count). The van der Waals surface area contributed by atoms with Gasteiger partial charge in [-0.1, -0.05) is 48.0 Å². The van der Waals surface area contributed by atoms with Crippen LogP contribution in [0.4, 0.5) is 17.5 Å². The van der Waals surface area contributed by atoms with Crippen LogP contribution in [0.3, 0.4) is 0 Å². The van der Waals surface area contributed by atoms with E-state index in [4.69, 9.17) is 11.6 Å². The molecule has 5 nitrogen and oxygen atoms in total. The van der Waals surface area contributed by atoms with Crippen LogP contribution in [0.2, 0.25) is 5.02 Å². The van der Waals surface area contributed by atoms with E-state index in [1.54, 1.807) is 6.20 Å². The number of anilines is 3. The number of benzene rings is 2. The van der Waals surface area contributed by atoms with Crippen molar-refractivity contribution in [2.24, 2.45) is 0 Å². The molecule has 122 valence electrons. The summed E-state index contributed by atoms with van der Waals surface area (Å²) >= 11 is 6.16. The third-order valence-corrected chi connectivity index (χ3v) is 4.09. The van der Waals surface area contributed by atoms with E-state index in [1.165, 1.54) is 5.56 Å². The molecule has 0 radical (unpaired) electrons. The van der Waals surface area contributed by atoms with Gasteiger partial charge in [0.25, 0.3) is 0 Å². The number of rotatable bonds is 5. The smallest absolute Gasteiger partial charge is 0.247 e. The first-order chi connectivity index (χ1) is 11.6. The van der Waals surface area contributed by atoms with Crippen molar-refractivity contribution in [3.63, 3.8) is 0 Å². The average molecular weight is 340 g/mol. The Morgan fingerprint density at radius 2 is 1.88 bits per heavy atom. The van der Waals surface area contributed by atoms with Gasteiger partial charge in [0, 0.05) is 24.3 Å². The van der Waals surface area contributed by atoms with Crippen LogP contribution in [0.15, 0.2) is 54.7 Å². The Morgan fingerprint density at radius 3 is 2.67 bits per heavy atom. The number of nitrogens with zero attached hydrogens (tertiary/aromatic N) is 4. The molecule has 1 N–H and O–H groups in total. The maximum atomic E-state index is 6.16. The summed E-state index contributed by atoms with van der Waals surface area (Å²) in [6, 6.07) is 15.9. The van der Waals surface area contributed by atoms with Crippen LogP contribution in [0.1, 0.15) is 11.1 Å². The first-order valence-corrected chi connectivity index (χ1v) is 7.98. The van der Waals surface area contributed by atoms with Crippen LogP contribution in [-0.4, -0.2) is 22.2 Å². The van der Waals surface area contributed by atoms with Crippen molar-refractivity contribution in [2.75, 3.05) is 17.3 Å². The van der Waals surface area contributed by atoms with Gasteiger partial charge in [-0.15, -0.1) is 5.10 Å². The zero-order valence-corrected chi connectivity index (χ0v) is 14.3. The molecular formula is C18H18ClN5. The van der Waals surface area contributed by atoms with Gasteiger partial charge in [0.1, 0.15) is 0 Å². The quantitative estimate of drug-likeness (QED) is 0.754. The van der Waals surface area contributed by atoms with E-state index in [9.17, 15) is 0 Å². The number of nitrogens with one attached hydrogen (secondary N) is 1. The highest BCUT2D eigenvalue weighted by Crippen LogP contribution is 2.25. The zero-order chi connectivity index (χ0) is 16.9. The summed E-state index contributed by atoms with van der Waals surface area (Å²) < 4.78 is 0. The Bertz CT molecular complexity index is 823.